The second-order valence-electron chi connectivity index (χ2n) is 3.95. The highest BCUT2D eigenvalue weighted by Gasteiger charge is 2.09. The number of benzene rings is 2. The molecule has 0 aromatic heterocycles. The Morgan fingerprint density at radius 2 is 1.95 bits per heavy atom. The molecule has 0 amide bonds. The number of halogens is 3. The molecule has 0 aliphatic heterocycles. The van der Waals surface area contributed by atoms with Crippen molar-refractivity contribution >= 4 is 33.2 Å². The zero-order valence-electron chi connectivity index (χ0n) is 10.2. The number of anilines is 1. The van der Waals surface area contributed by atoms with Gasteiger partial charge in [0.25, 0.3) is 0 Å². The molecule has 2 aromatic rings. The lowest BCUT2D eigenvalue weighted by atomic mass is 10.2. The van der Waals surface area contributed by atoms with E-state index in [2.05, 4.69) is 21.2 Å². The predicted molar refractivity (Wildman–Crippen MR) is 79.4 cm³/mol. The summed E-state index contributed by atoms with van der Waals surface area (Å²) in [4.78, 5) is 0. The molecule has 0 atom stereocenters. The molecule has 2 rings (SSSR count). The van der Waals surface area contributed by atoms with E-state index in [1.807, 2.05) is 0 Å². The molecule has 0 aliphatic carbocycles. The molecule has 0 saturated carbocycles. The molecule has 2 nitrogen and oxygen atoms in total. The van der Waals surface area contributed by atoms with Crippen LogP contribution in [0.2, 0.25) is 5.02 Å². The van der Waals surface area contributed by atoms with Crippen molar-refractivity contribution in [2.24, 2.45) is 0 Å². The zero-order valence-corrected chi connectivity index (χ0v) is 12.6. The fraction of sp³-hybridized carbons (Fsp3) is 0.143. The molecule has 0 radical (unpaired) electrons. The summed E-state index contributed by atoms with van der Waals surface area (Å²) in [5, 5.41) is 3.83. The van der Waals surface area contributed by atoms with Crippen LogP contribution in [-0.2, 0) is 6.54 Å². The fourth-order valence-corrected chi connectivity index (χ4v) is 2.67. The van der Waals surface area contributed by atoms with Gasteiger partial charge < -0.3 is 10.1 Å². The van der Waals surface area contributed by atoms with Gasteiger partial charge in [-0.05, 0) is 45.8 Å². The Balaban J connectivity index is 2.17. The Bertz CT molecular complexity index is 574. The standard InChI is InChI=1S/C14H12BrClFNO/c1-19-14-12(15)6-10(16)7-13(14)18-8-9-2-4-11(17)5-3-9/h2-7,18H,8H2,1H3. The Morgan fingerprint density at radius 1 is 1.26 bits per heavy atom. The molecule has 100 valence electrons. The van der Waals surface area contributed by atoms with Crippen molar-refractivity contribution in [2.75, 3.05) is 12.4 Å². The molecule has 0 heterocycles. The van der Waals surface area contributed by atoms with E-state index in [9.17, 15) is 4.39 Å². The summed E-state index contributed by atoms with van der Waals surface area (Å²) in [6.45, 7) is 0.559. The van der Waals surface area contributed by atoms with Gasteiger partial charge in [-0.25, -0.2) is 4.39 Å². The highest BCUT2D eigenvalue weighted by atomic mass is 79.9. The molecular weight excluding hydrogens is 333 g/mol. The lowest BCUT2D eigenvalue weighted by Crippen LogP contribution is -2.02. The van der Waals surface area contributed by atoms with E-state index in [0.29, 0.717) is 17.3 Å². The van der Waals surface area contributed by atoms with Gasteiger partial charge in [0, 0.05) is 11.6 Å². The number of hydrogen-bond acceptors (Lipinski definition) is 2. The van der Waals surface area contributed by atoms with Crippen molar-refractivity contribution in [2.45, 2.75) is 6.54 Å². The van der Waals surface area contributed by atoms with E-state index in [4.69, 9.17) is 16.3 Å². The lowest BCUT2D eigenvalue weighted by molar-refractivity contribution is 0.414. The van der Waals surface area contributed by atoms with Gasteiger partial charge in [0.2, 0.25) is 0 Å². The summed E-state index contributed by atoms with van der Waals surface area (Å²) in [5.41, 5.74) is 1.76. The number of hydrogen-bond donors (Lipinski definition) is 1. The lowest BCUT2D eigenvalue weighted by Gasteiger charge is -2.13. The van der Waals surface area contributed by atoms with Crippen LogP contribution < -0.4 is 10.1 Å². The largest absolute Gasteiger partial charge is 0.493 e. The molecule has 2 aromatic carbocycles. The van der Waals surface area contributed by atoms with Crippen molar-refractivity contribution in [1.29, 1.82) is 0 Å². The molecular formula is C14H12BrClFNO. The first-order valence-electron chi connectivity index (χ1n) is 5.61. The maximum Gasteiger partial charge on any atom is 0.156 e. The maximum absolute atomic E-state index is 12.8. The van der Waals surface area contributed by atoms with Crippen molar-refractivity contribution in [3.05, 3.63) is 57.3 Å². The topological polar surface area (TPSA) is 21.3 Å². The summed E-state index contributed by atoms with van der Waals surface area (Å²) in [6.07, 6.45) is 0. The highest BCUT2D eigenvalue weighted by Crippen LogP contribution is 2.36. The highest BCUT2D eigenvalue weighted by molar-refractivity contribution is 9.10. The molecule has 19 heavy (non-hydrogen) atoms. The summed E-state index contributed by atoms with van der Waals surface area (Å²) in [5.74, 6) is 0.443. The number of ether oxygens (including phenoxy) is 1. The number of rotatable bonds is 4. The minimum atomic E-state index is -0.244. The van der Waals surface area contributed by atoms with Gasteiger partial charge in [-0.1, -0.05) is 23.7 Å². The monoisotopic (exact) mass is 343 g/mol. The molecule has 0 unspecified atom stereocenters. The minimum absolute atomic E-state index is 0.244. The van der Waals surface area contributed by atoms with Gasteiger partial charge in [-0.2, -0.15) is 0 Å². The minimum Gasteiger partial charge on any atom is -0.493 e. The first kappa shape index (κ1) is 14.2. The van der Waals surface area contributed by atoms with Gasteiger partial charge in [0.1, 0.15) is 5.82 Å². The molecule has 0 saturated heterocycles. The van der Waals surface area contributed by atoms with Crippen LogP contribution in [0.1, 0.15) is 5.56 Å². The molecule has 0 aliphatic rings. The SMILES string of the molecule is COc1c(Br)cc(Cl)cc1NCc1ccc(F)cc1. The number of nitrogens with one attached hydrogen (secondary N) is 1. The summed E-state index contributed by atoms with van der Waals surface area (Å²) >= 11 is 9.40. The third-order valence-electron chi connectivity index (χ3n) is 2.61. The van der Waals surface area contributed by atoms with Crippen LogP contribution in [0.5, 0.6) is 5.75 Å². The van der Waals surface area contributed by atoms with E-state index in [-0.39, 0.29) is 5.82 Å². The normalized spacial score (nSPS) is 10.3. The summed E-state index contributed by atoms with van der Waals surface area (Å²) < 4.78 is 18.9. The Labute approximate surface area is 124 Å². The van der Waals surface area contributed by atoms with Gasteiger partial charge in [-0.3, -0.25) is 0 Å². The van der Waals surface area contributed by atoms with Crippen LogP contribution >= 0.6 is 27.5 Å². The average molecular weight is 345 g/mol. The molecule has 0 bridgehead atoms. The van der Waals surface area contributed by atoms with Crippen LogP contribution in [0.25, 0.3) is 0 Å². The van der Waals surface area contributed by atoms with Gasteiger partial charge >= 0.3 is 0 Å². The Hall–Kier alpha value is -1.26. The quantitative estimate of drug-likeness (QED) is 0.855. The van der Waals surface area contributed by atoms with Crippen molar-refractivity contribution in [1.82, 2.24) is 0 Å². The average Bonchev–Trinajstić information content (AvgIpc) is 2.37. The van der Waals surface area contributed by atoms with Crippen molar-refractivity contribution in [3.8, 4) is 5.75 Å². The van der Waals surface area contributed by atoms with Crippen molar-refractivity contribution in [3.63, 3.8) is 0 Å². The smallest absolute Gasteiger partial charge is 0.156 e. The maximum atomic E-state index is 12.8. The molecule has 0 spiro atoms. The molecule has 0 fully saturated rings. The third kappa shape index (κ3) is 3.61. The van der Waals surface area contributed by atoms with Crippen LogP contribution in [0.4, 0.5) is 10.1 Å². The predicted octanol–water partition coefficient (Wildman–Crippen LogP) is 4.86. The van der Waals surface area contributed by atoms with Crippen LogP contribution in [0.3, 0.4) is 0 Å². The van der Waals surface area contributed by atoms with Gasteiger partial charge in [-0.15, -0.1) is 0 Å². The Morgan fingerprint density at radius 3 is 2.58 bits per heavy atom. The Kier molecular flexibility index (Phi) is 4.66. The second kappa shape index (κ2) is 6.26. The van der Waals surface area contributed by atoms with E-state index in [0.717, 1.165) is 15.7 Å². The summed E-state index contributed by atoms with van der Waals surface area (Å²) in [7, 11) is 1.59. The van der Waals surface area contributed by atoms with Crippen molar-refractivity contribution < 1.29 is 9.13 Å². The van der Waals surface area contributed by atoms with Crippen LogP contribution in [0, 0.1) is 5.82 Å². The fourth-order valence-electron chi connectivity index (χ4n) is 1.70. The number of methoxy groups -OCH3 is 1. The van der Waals surface area contributed by atoms with E-state index < -0.39 is 0 Å². The van der Waals surface area contributed by atoms with E-state index in [1.54, 1.807) is 31.4 Å². The second-order valence-corrected chi connectivity index (χ2v) is 5.24. The van der Waals surface area contributed by atoms with E-state index in [1.165, 1.54) is 12.1 Å². The van der Waals surface area contributed by atoms with E-state index >= 15 is 0 Å². The molecule has 1 N–H and O–H groups in total. The van der Waals surface area contributed by atoms with Gasteiger partial charge in [0.05, 0.1) is 17.3 Å². The third-order valence-corrected chi connectivity index (χ3v) is 3.42. The van der Waals surface area contributed by atoms with Gasteiger partial charge in [0.15, 0.2) is 5.75 Å². The van der Waals surface area contributed by atoms with Crippen LogP contribution in [0.15, 0.2) is 40.9 Å². The first-order valence-corrected chi connectivity index (χ1v) is 6.78. The summed E-state index contributed by atoms with van der Waals surface area (Å²) in [6, 6.07) is 9.88. The first-order chi connectivity index (χ1) is 9.10. The van der Waals surface area contributed by atoms with Crippen LogP contribution in [-0.4, -0.2) is 7.11 Å². The molecule has 5 heteroatoms. The zero-order chi connectivity index (χ0) is 13.8.